The molecule has 1 N–H and O–H groups in total. The van der Waals surface area contributed by atoms with Gasteiger partial charge in [0.1, 0.15) is 18.1 Å². The van der Waals surface area contributed by atoms with Crippen LogP contribution in [0.4, 0.5) is 5.69 Å². The minimum atomic E-state index is -0.500. The standard InChI is InChI=1S/C20H19Cl2NO5/c1-11-5-16(18(26-2)8-15(11)22)23-19(24)10-28-20(25)13-6-12-7-14(21)3-4-17(12)27-9-13/h3-5,7-8,13H,6,9-10H2,1-2H3,(H,23,24). The van der Waals surface area contributed by atoms with Gasteiger partial charge in [-0.15, -0.1) is 0 Å². The quantitative estimate of drug-likeness (QED) is 0.734. The molecule has 8 heteroatoms. The first-order valence-corrected chi connectivity index (χ1v) is 9.35. The summed E-state index contributed by atoms with van der Waals surface area (Å²) in [6.45, 7) is 1.59. The van der Waals surface area contributed by atoms with Gasteiger partial charge in [0.05, 0.1) is 18.7 Å². The summed E-state index contributed by atoms with van der Waals surface area (Å²) >= 11 is 12.0. The maximum Gasteiger partial charge on any atom is 0.313 e. The maximum atomic E-state index is 12.3. The molecular formula is C20H19Cl2NO5. The highest BCUT2D eigenvalue weighted by Crippen LogP contribution is 2.31. The number of carbonyl (C=O) groups excluding carboxylic acids is 2. The van der Waals surface area contributed by atoms with Crippen molar-refractivity contribution in [2.24, 2.45) is 5.92 Å². The molecule has 3 rings (SSSR count). The van der Waals surface area contributed by atoms with Crippen LogP contribution in [0, 0.1) is 12.8 Å². The molecule has 1 heterocycles. The molecule has 1 unspecified atom stereocenters. The van der Waals surface area contributed by atoms with Gasteiger partial charge in [-0.25, -0.2) is 0 Å². The van der Waals surface area contributed by atoms with Crippen molar-refractivity contribution in [1.29, 1.82) is 0 Å². The topological polar surface area (TPSA) is 73.9 Å². The lowest BCUT2D eigenvalue weighted by molar-refractivity contribution is -0.152. The number of aryl methyl sites for hydroxylation is 1. The van der Waals surface area contributed by atoms with Gasteiger partial charge in [0.25, 0.3) is 5.91 Å². The van der Waals surface area contributed by atoms with Crippen molar-refractivity contribution >= 4 is 40.8 Å². The lowest BCUT2D eigenvalue weighted by Crippen LogP contribution is -2.32. The Morgan fingerprint density at radius 2 is 2.04 bits per heavy atom. The molecule has 148 valence electrons. The SMILES string of the molecule is COc1cc(Cl)c(C)cc1NC(=O)COC(=O)C1COc2ccc(Cl)cc2C1. The van der Waals surface area contributed by atoms with Crippen molar-refractivity contribution < 1.29 is 23.8 Å². The van der Waals surface area contributed by atoms with Crippen LogP contribution in [-0.4, -0.2) is 32.2 Å². The Hall–Kier alpha value is -2.44. The molecule has 0 saturated heterocycles. The van der Waals surface area contributed by atoms with Crippen molar-refractivity contribution in [2.75, 3.05) is 25.6 Å². The van der Waals surface area contributed by atoms with Gasteiger partial charge in [-0.1, -0.05) is 23.2 Å². The third-order valence-electron chi connectivity index (χ3n) is 4.36. The third kappa shape index (κ3) is 4.69. The van der Waals surface area contributed by atoms with E-state index in [0.29, 0.717) is 33.7 Å². The molecule has 1 aliphatic heterocycles. The predicted molar refractivity (Wildman–Crippen MR) is 106 cm³/mol. The van der Waals surface area contributed by atoms with Gasteiger partial charge in [0.15, 0.2) is 6.61 Å². The second-order valence-corrected chi connectivity index (χ2v) is 7.27. The smallest absolute Gasteiger partial charge is 0.313 e. The number of hydrogen-bond donors (Lipinski definition) is 1. The van der Waals surface area contributed by atoms with Crippen LogP contribution in [0.15, 0.2) is 30.3 Å². The summed E-state index contributed by atoms with van der Waals surface area (Å²) in [5, 5.41) is 3.76. The molecule has 0 fully saturated rings. The molecule has 1 aliphatic rings. The van der Waals surface area contributed by atoms with Crippen LogP contribution in [0.2, 0.25) is 10.0 Å². The molecule has 1 amide bonds. The highest BCUT2D eigenvalue weighted by Gasteiger charge is 2.28. The van der Waals surface area contributed by atoms with Crippen LogP contribution in [0.5, 0.6) is 11.5 Å². The Kier molecular flexibility index (Phi) is 6.31. The first kappa shape index (κ1) is 20.3. The van der Waals surface area contributed by atoms with E-state index in [1.807, 2.05) is 6.92 Å². The van der Waals surface area contributed by atoms with Gasteiger partial charge < -0.3 is 19.5 Å². The highest BCUT2D eigenvalue weighted by molar-refractivity contribution is 6.31. The fourth-order valence-corrected chi connectivity index (χ4v) is 3.23. The van der Waals surface area contributed by atoms with Crippen LogP contribution < -0.4 is 14.8 Å². The van der Waals surface area contributed by atoms with E-state index in [-0.39, 0.29) is 6.61 Å². The van der Waals surface area contributed by atoms with Crippen LogP contribution in [-0.2, 0) is 20.7 Å². The molecule has 0 aliphatic carbocycles. The summed E-state index contributed by atoms with van der Waals surface area (Å²) < 4.78 is 15.9. The van der Waals surface area contributed by atoms with E-state index in [9.17, 15) is 9.59 Å². The number of fused-ring (bicyclic) bond motifs is 1. The van der Waals surface area contributed by atoms with Crippen molar-refractivity contribution in [3.63, 3.8) is 0 Å². The first-order valence-electron chi connectivity index (χ1n) is 8.59. The predicted octanol–water partition coefficient (Wildman–Crippen LogP) is 4.04. The number of carbonyl (C=O) groups is 2. The van der Waals surface area contributed by atoms with Gasteiger partial charge in [-0.2, -0.15) is 0 Å². The van der Waals surface area contributed by atoms with Crippen molar-refractivity contribution in [3.05, 3.63) is 51.5 Å². The molecular weight excluding hydrogens is 405 g/mol. The molecule has 0 aromatic heterocycles. The summed E-state index contributed by atoms with van der Waals surface area (Å²) in [6, 6.07) is 8.57. The molecule has 2 aromatic rings. The number of benzene rings is 2. The fraction of sp³-hybridized carbons (Fsp3) is 0.300. The molecule has 1 atom stereocenters. The van der Waals surface area contributed by atoms with E-state index < -0.39 is 24.4 Å². The summed E-state index contributed by atoms with van der Waals surface area (Å²) in [7, 11) is 1.48. The van der Waals surface area contributed by atoms with Gasteiger partial charge in [0, 0.05) is 16.1 Å². The van der Waals surface area contributed by atoms with Gasteiger partial charge in [-0.05, 0) is 48.7 Å². The van der Waals surface area contributed by atoms with Crippen LogP contribution >= 0.6 is 23.2 Å². The Morgan fingerprint density at radius 1 is 1.25 bits per heavy atom. The second-order valence-electron chi connectivity index (χ2n) is 6.42. The first-order chi connectivity index (χ1) is 13.4. The Labute approximate surface area is 172 Å². The number of hydrogen-bond acceptors (Lipinski definition) is 5. The number of amides is 1. The molecule has 0 spiro atoms. The van der Waals surface area contributed by atoms with Crippen LogP contribution in [0.1, 0.15) is 11.1 Å². The van der Waals surface area contributed by atoms with E-state index >= 15 is 0 Å². The molecule has 6 nitrogen and oxygen atoms in total. The largest absolute Gasteiger partial charge is 0.495 e. The zero-order chi connectivity index (χ0) is 20.3. The normalized spacial score (nSPS) is 15.2. The molecule has 0 radical (unpaired) electrons. The molecule has 0 saturated carbocycles. The number of nitrogens with one attached hydrogen (secondary N) is 1. The third-order valence-corrected chi connectivity index (χ3v) is 5.00. The fourth-order valence-electron chi connectivity index (χ4n) is 2.89. The van der Waals surface area contributed by atoms with Crippen molar-refractivity contribution in [3.8, 4) is 11.5 Å². The van der Waals surface area contributed by atoms with E-state index in [2.05, 4.69) is 5.32 Å². The van der Waals surface area contributed by atoms with E-state index in [1.165, 1.54) is 7.11 Å². The van der Waals surface area contributed by atoms with E-state index in [0.717, 1.165) is 11.1 Å². The zero-order valence-electron chi connectivity index (χ0n) is 15.4. The van der Waals surface area contributed by atoms with Gasteiger partial charge in [0.2, 0.25) is 0 Å². The van der Waals surface area contributed by atoms with Gasteiger partial charge in [-0.3, -0.25) is 9.59 Å². The Morgan fingerprint density at radius 3 is 2.79 bits per heavy atom. The monoisotopic (exact) mass is 423 g/mol. The number of esters is 1. The molecule has 0 bridgehead atoms. The highest BCUT2D eigenvalue weighted by atomic mass is 35.5. The van der Waals surface area contributed by atoms with Crippen molar-refractivity contribution in [2.45, 2.75) is 13.3 Å². The number of rotatable bonds is 5. The second kappa shape index (κ2) is 8.71. The number of halogens is 2. The lowest BCUT2D eigenvalue weighted by Gasteiger charge is -2.24. The van der Waals surface area contributed by atoms with E-state index in [4.69, 9.17) is 37.4 Å². The average molecular weight is 424 g/mol. The minimum Gasteiger partial charge on any atom is -0.495 e. The van der Waals surface area contributed by atoms with E-state index in [1.54, 1.807) is 30.3 Å². The average Bonchev–Trinajstić information content (AvgIpc) is 2.68. The summed E-state index contributed by atoms with van der Waals surface area (Å²) in [5.74, 6) is -0.347. The minimum absolute atomic E-state index is 0.194. The van der Waals surface area contributed by atoms with Crippen molar-refractivity contribution in [1.82, 2.24) is 0 Å². The van der Waals surface area contributed by atoms with Crippen LogP contribution in [0.25, 0.3) is 0 Å². The lowest BCUT2D eigenvalue weighted by atomic mass is 9.97. The van der Waals surface area contributed by atoms with Gasteiger partial charge >= 0.3 is 5.97 Å². The molecule has 2 aromatic carbocycles. The maximum absolute atomic E-state index is 12.3. The molecule has 28 heavy (non-hydrogen) atoms. The number of ether oxygens (including phenoxy) is 3. The summed E-state index contributed by atoms with van der Waals surface area (Å²) in [5.41, 5.74) is 2.08. The Bertz CT molecular complexity index is 916. The summed E-state index contributed by atoms with van der Waals surface area (Å²) in [4.78, 5) is 24.5. The zero-order valence-corrected chi connectivity index (χ0v) is 16.9. The van der Waals surface area contributed by atoms with Crippen LogP contribution in [0.3, 0.4) is 0 Å². The summed E-state index contributed by atoms with van der Waals surface area (Å²) in [6.07, 6.45) is 0.445. The number of anilines is 1. The Balaban J connectivity index is 1.56. The number of methoxy groups -OCH3 is 1.